The first-order chi connectivity index (χ1) is 15.0. The zero-order valence-corrected chi connectivity index (χ0v) is 19.7. The van der Waals surface area contributed by atoms with Gasteiger partial charge < -0.3 is 9.64 Å². The third kappa shape index (κ3) is 6.06. The van der Waals surface area contributed by atoms with Crippen LogP contribution in [0.1, 0.15) is 26.3 Å². The van der Waals surface area contributed by atoms with E-state index in [4.69, 9.17) is 21.3 Å². The minimum absolute atomic E-state index is 0.115. The van der Waals surface area contributed by atoms with Crippen LogP contribution in [0.3, 0.4) is 0 Å². The maximum absolute atomic E-state index is 13.2. The highest BCUT2D eigenvalue weighted by Crippen LogP contribution is 2.32. The van der Waals surface area contributed by atoms with Gasteiger partial charge in [0.25, 0.3) is 5.91 Å². The van der Waals surface area contributed by atoms with E-state index in [-0.39, 0.29) is 5.91 Å². The Balaban J connectivity index is 1.89. The maximum atomic E-state index is 13.2. The van der Waals surface area contributed by atoms with Crippen molar-refractivity contribution in [3.63, 3.8) is 0 Å². The number of ether oxygens (including phenoxy) is 1. The van der Waals surface area contributed by atoms with Gasteiger partial charge in [0.15, 0.2) is 5.13 Å². The zero-order chi connectivity index (χ0) is 22.2. The van der Waals surface area contributed by atoms with E-state index < -0.39 is 0 Å². The van der Waals surface area contributed by atoms with Crippen molar-refractivity contribution in [3.05, 3.63) is 59.1 Å². The van der Waals surface area contributed by atoms with Crippen molar-refractivity contribution in [3.8, 4) is 5.75 Å². The van der Waals surface area contributed by atoms with Crippen molar-refractivity contribution in [2.45, 2.75) is 20.8 Å². The Hall–Kier alpha value is -2.41. The number of anilines is 1. The Bertz CT molecular complexity index is 1050. The minimum atomic E-state index is -0.115. The van der Waals surface area contributed by atoms with Crippen molar-refractivity contribution in [1.82, 2.24) is 9.88 Å². The van der Waals surface area contributed by atoms with Crippen molar-refractivity contribution in [2.24, 2.45) is 0 Å². The molecule has 0 fully saturated rings. The van der Waals surface area contributed by atoms with Crippen LogP contribution < -0.4 is 9.64 Å². The van der Waals surface area contributed by atoms with Gasteiger partial charge in [-0.15, -0.1) is 0 Å². The Morgan fingerprint density at radius 3 is 2.61 bits per heavy atom. The molecule has 5 nitrogen and oxygen atoms in total. The second-order valence-corrected chi connectivity index (χ2v) is 8.35. The van der Waals surface area contributed by atoms with Gasteiger partial charge in [0.2, 0.25) is 0 Å². The smallest absolute Gasteiger partial charge is 0.252 e. The molecule has 7 heteroatoms. The van der Waals surface area contributed by atoms with Crippen LogP contribution in [-0.2, 0) is 4.79 Å². The molecular weight excluding hydrogens is 430 g/mol. The number of rotatable bonds is 10. The van der Waals surface area contributed by atoms with Crippen LogP contribution in [0.15, 0.2) is 48.5 Å². The first kappa shape index (κ1) is 23.3. The van der Waals surface area contributed by atoms with Gasteiger partial charge in [-0.2, -0.15) is 0 Å². The van der Waals surface area contributed by atoms with Crippen molar-refractivity contribution in [1.29, 1.82) is 0 Å². The fourth-order valence-electron chi connectivity index (χ4n) is 3.21. The number of halogens is 1. The molecule has 1 amide bonds. The van der Waals surface area contributed by atoms with Crippen LogP contribution in [0.5, 0.6) is 5.75 Å². The first-order valence-electron chi connectivity index (χ1n) is 10.6. The molecule has 1 aromatic heterocycles. The average Bonchev–Trinajstić information content (AvgIpc) is 3.19. The lowest BCUT2D eigenvalue weighted by Crippen LogP contribution is -2.38. The van der Waals surface area contributed by atoms with E-state index in [9.17, 15) is 4.79 Å². The van der Waals surface area contributed by atoms with Crippen molar-refractivity contribution < 1.29 is 9.53 Å². The van der Waals surface area contributed by atoms with Crippen LogP contribution in [0.2, 0.25) is 5.02 Å². The van der Waals surface area contributed by atoms with E-state index in [1.54, 1.807) is 17.1 Å². The van der Waals surface area contributed by atoms with Crippen LogP contribution in [0.4, 0.5) is 5.13 Å². The van der Waals surface area contributed by atoms with Gasteiger partial charge in [0.1, 0.15) is 5.75 Å². The van der Waals surface area contributed by atoms with Gasteiger partial charge in [-0.3, -0.25) is 9.69 Å². The van der Waals surface area contributed by atoms with Crippen LogP contribution in [-0.4, -0.2) is 48.6 Å². The summed E-state index contributed by atoms with van der Waals surface area (Å²) in [6, 6.07) is 13.3. The number of carbonyl (C=O) groups is 1. The molecule has 0 unspecified atom stereocenters. The minimum Gasteiger partial charge on any atom is -0.494 e. The number of aromatic nitrogens is 1. The Morgan fingerprint density at radius 1 is 1.13 bits per heavy atom. The number of carbonyl (C=O) groups excluding carboxylic acids is 1. The first-order valence-corrected chi connectivity index (χ1v) is 11.7. The molecule has 31 heavy (non-hydrogen) atoms. The molecule has 0 aliphatic carbocycles. The second kappa shape index (κ2) is 11.3. The lowest BCUT2D eigenvalue weighted by atomic mass is 10.2. The van der Waals surface area contributed by atoms with E-state index in [0.717, 1.165) is 41.2 Å². The van der Waals surface area contributed by atoms with E-state index in [1.807, 2.05) is 49.4 Å². The standard InChI is InChI=1S/C24H28ClN3O2S/c1-4-27(5-2)15-16-28(23(29)14-11-18-9-7-8-10-20(18)25)24-26-21-13-12-19(30-6-3)17-22(21)31-24/h7-14,17H,4-6,15-16H2,1-3H3/b14-11+. The third-order valence-corrected chi connectivity index (χ3v) is 6.39. The molecule has 3 rings (SSSR count). The highest BCUT2D eigenvalue weighted by Gasteiger charge is 2.19. The normalized spacial score (nSPS) is 11.5. The monoisotopic (exact) mass is 457 g/mol. The molecule has 0 aliphatic rings. The van der Waals surface area contributed by atoms with Crippen molar-refractivity contribution in [2.75, 3.05) is 37.7 Å². The summed E-state index contributed by atoms with van der Waals surface area (Å²) in [5.41, 5.74) is 1.67. The molecule has 0 aliphatic heterocycles. The SMILES string of the molecule is CCOc1ccc2nc(N(CCN(CC)CC)C(=O)/C=C/c3ccccc3Cl)sc2c1. The Labute approximate surface area is 192 Å². The van der Waals surface area contributed by atoms with Crippen LogP contribution in [0, 0.1) is 0 Å². The van der Waals surface area contributed by atoms with Gasteiger partial charge in [-0.1, -0.05) is 55.0 Å². The second-order valence-electron chi connectivity index (χ2n) is 6.93. The average molecular weight is 458 g/mol. The van der Waals surface area contributed by atoms with E-state index in [1.165, 1.54) is 11.3 Å². The van der Waals surface area contributed by atoms with E-state index in [2.05, 4.69) is 18.7 Å². The molecule has 0 bridgehead atoms. The molecular formula is C24H28ClN3O2S. The summed E-state index contributed by atoms with van der Waals surface area (Å²) in [6.07, 6.45) is 3.33. The number of benzene rings is 2. The Morgan fingerprint density at radius 2 is 1.90 bits per heavy atom. The number of fused-ring (bicyclic) bond motifs is 1. The predicted octanol–water partition coefficient (Wildman–Crippen LogP) is 5.74. The third-order valence-electron chi connectivity index (χ3n) is 5.00. The molecule has 0 atom stereocenters. The summed E-state index contributed by atoms with van der Waals surface area (Å²) < 4.78 is 6.60. The topological polar surface area (TPSA) is 45.7 Å². The van der Waals surface area contributed by atoms with Crippen LogP contribution in [0.25, 0.3) is 16.3 Å². The quantitative estimate of drug-likeness (QED) is 0.364. The van der Waals surface area contributed by atoms with Crippen LogP contribution >= 0.6 is 22.9 Å². The lowest BCUT2D eigenvalue weighted by molar-refractivity contribution is -0.114. The Kier molecular flexibility index (Phi) is 8.46. The predicted molar refractivity (Wildman–Crippen MR) is 131 cm³/mol. The lowest BCUT2D eigenvalue weighted by Gasteiger charge is -2.23. The highest BCUT2D eigenvalue weighted by atomic mass is 35.5. The summed E-state index contributed by atoms with van der Waals surface area (Å²) in [7, 11) is 0. The molecule has 0 saturated heterocycles. The molecule has 3 aromatic rings. The zero-order valence-electron chi connectivity index (χ0n) is 18.2. The maximum Gasteiger partial charge on any atom is 0.252 e. The largest absolute Gasteiger partial charge is 0.494 e. The van der Waals surface area contributed by atoms with Gasteiger partial charge in [-0.05, 0) is 55.9 Å². The number of amides is 1. The fourth-order valence-corrected chi connectivity index (χ4v) is 4.43. The molecule has 1 heterocycles. The summed E-state index contributed by atoms with van der Waals surface area (Å²) in [4.78, 5) is 21.9. The molecule has 2 aromatic carbocycles. The number of nitrogens with zero attached hydrogens (tertiary/aromatic N) is 3. The molecule has 164 valence electrons. The van der Waals surface area contributed by atoms with E-state index in [0.29, 0.717) is 23.3 Å². The summed E-state index contributed by atoms with van der Waals surface area (Å²) in [6.45, 7) is 10.0. The van der Waals surface area contributed by atoms with Gasteiger partial charge in [0, 0.05) is 24.2 Å². The number of likely N-dealkylation sites (N-methyl/N-ethyl adjacent to an activating group) is 1. The molecule has 0 N–H and O–H groups in total. The summed E-state index contributed by atoms with van der Waals surface area (Å²) >= 11 is 7.73. The van der Waals surface area contributed by atoms with E-state index >= 15 is 0 Å². The molecule has 0 radical (unpaired) electrons. The summed E-state index contributed by atoms with van der Waals surface area (Å²) in [5, 5.41) is 1.30. The highest BCUT2D eigenvalue weighted by molar-refractivity contribution is 7.22. The van der Waals surface area contributed by atoms with Gasteiger partial charge in [-0.25, -0.2) is 4.98 Å². The number of thiazole rings is 1. The molecule has 0 saturated carbocycles. The number of hydrogen-bond acceptors (Lipinski definition) is 5. The molecule has 0 spiro atoms. The van der Waals surface area contributed by atoms with Crippen molar-refractivity contribution >= 4 is 50.3 Å². The summed E-state index contributed by atoms with van der Waals surface area (Å²) in [5.74, 6) is 0.695. The van der Waals surface area contributed by atoms with Gasteiger partial charge in [0.05, 0.1) is 16.8 Å². The fraction of sp³-hybridized carbons (Fsp3) is 0.333. The number of hydrogen-bond donors (Lipinski definition) is 0. The van der Waals surface area contributed by atoms with Gasteiger partial charge >= 0.3 is 0 Å².